The van der Waals surface area contributed by atoms with E-state index in [1.54, 1.807) is 0 Å². The molecular formula is C17H10FO5-. The van der Waals surface area contributed by atoms with Crippen molar-refractivity contribution in [2.45, 2.75) is 0 Å². The quantitative estimate of drug-likeness (QED) is 0.801. The SMILES string of the molecule is O=C([O-])COc1ccc2c(c1)O/C(=C\c1ccc(F)cc1)C2=O. The number of hydrogen-bond donors (Lipinski definition) is 0. The molecule has 6 heteroatoms. The highest BCUT2D eigenvalue weighted by Gasteiger charge is 2.27. The number of rotatable bonds is 4. The van der Waals surface area contributed by atoms with Gasteiger partial charge in [0.1, 0.15) is 23.9 Å². The van der Waals surface area contributed by atoms with E-state index >= 15 is 0 Å². The maximum Gasteiger partial charge on any atom is 0.231 e. The molecule has 1 aliphatic heterocycles. The van der Waals surface area contributed by atoms with Gasteiger partial charge in [-0.1, -0.05) is 12.1 Å². The second-order valence-electron chi connectivity index (χ2n) is 4.81. The van der Waals surface area contributed by atoms with Crippen LogP contribution in [0.25, 0.3) is 6.08 Å². The van der Waals surface area contributed by atoms with Gasteiger partial charge in [-0.2, -0.15) is 0 Å². The highest BCUT2D eigenvalue weighted by Crippen LogP contribution is 2.34. The van der Waals surface area contributed by atoms with Crippen molar-refractivity contribution in [2.24, 2.45) is 0 Å². The lowest BCUT2D eigenvalue weighted by atomic mass is 10.1. The molecule has 0 bridgehead atoms. The first kappa shape index (κ1) is 14.8. The first-order valence-corrected chi connectivity index (χ1v) is 6.69. The fourth-order valence-electron chi connectivity index (χ4n) is 2.11. The minimum absolute atomic E-state index is 0.101. The van der Waals surface area contributed by atoms with Crippen LogP contribution >= 0.6 is 0 Å². The number of halogens is 1. The zero-order chi connectivity index (χ0) is 16.4. The Morgan fingerprint density at radius 3 is 2.65 bits per heavy atom. The average molecular weight is 313 g/mol. The van der Waals surface area contributed by atoms with Crippen LogP contribution in [0.3, 0.4) is 0 Å². The van der Waals surface area contributed by atoms with E-state index in [0.29, 0.717) is 11.1 Å². The molecule has 0 atom stereocenters. The lowest BCUT2D eigenvalue weighted by molar-refractivity contribution is -0.307. The fraction of sp³-hybridized carbons (Fsp3) is 0.0588. The van der Waals surface area contributed by atoms with E-state index in [2.05, 4.69) is 0 Å². The number of carbonyl (C=O) groups excluding carboxylic acids is 2. The number of benzene rings is 2. The predicted molar refractivity (Wildman–Crippen MR) is 76.3 cm³/mol. The third-order valence-electron chi connectivity index (χ3n) is 3.17. The minimum Gasteiger partial charge on any atom is -0.546 e. The summed E-state index contributed by atoms with van der Waals surface area (Å²) in [7, 11) is 0. The minimum atomic E-state index is -1.35. The number of carboxylic acid groups (broad SMARTS) is 1. The Balaban J connectivity index is 1.83. The Morgan fingerprint density at radius 1 is 1.22 bits per heavy atom. The molecule has 0 N–H and O–H groups in total. The summed E-state index contributed by atoms with van der Waals surface area (Å²) in [5, 5.41) is 10.4. The van der Waals surface area contributed by atoms with Gasteiger partial charge in [-0.15, -0.1) is 0 Å². The zero-order valence-electron chi connectivity index (χ0n) is 11.7. The van der Waals surface area contributed by atoms with Gasteiger partial charge in [0.2, 0.25) is 5.78 Å². The zero-order valence-corrected chi connectivity index (χ0v) is 11.7. The molecule has 0 saturated heterocycles. The summed E-state index contributed by atoms with van der Waals surface area (Å²) in [6.45, 7) is -0.592. The number of Topliss-reactive ketones (excluding diaryl/α,β-unsaturated/α-hetero) is 1. The van der Waals surface area contributed by atoms with Gasteiger partial charge in [-0.25, -0.2) is 4.39 Å². The van der Waals surface area contributed by atoms with Gasteiger partial charge in [-0.3, -0.25) is 4.79 Å². The number of aliphatic carboxylic acids is 1. The number of carbonyl (C=O) groups is 2. The van der Waals surface area contributed by atoms with Crippen LogP contribution in [0.2, 0.25) is 0 Å². The molecule has 1 heterocycles. The van der Waals surface area contributed by atoms with Crippen molar-refractivity contribution < 1.29 is 28.6 Å². The molecule has 2 aromatic carbocycles. The number of allylic oxidation sites excluding steroid dienone is 1. The molecule has 0 radical (unpaired) electrons. The lowest BCUT2D eigenvalue weighted by Crippen LogP contribution is -2.28. The van der Waals surface area contributed by atoms with Crippen LogP contribution in [-0.2, 0) is 4.79 Å². The maximum atomic E-state index is 12.9. The van der Waals surface area contributed by atoms with E-state index < -0.39 is 12.6 Å². The van der Waals surface area contributed by atoms with Gasteiger partial charge in [0.15, 0.2) is 5.76 Å². The van der Waals surface area contributed by atoms with Gasteiger partial charge in [0, 0.05) is 6.07 Å². The fourth-order valence-corrected chi connectivity index (χ4v) is 2.11. The molecule has 0 fully saturated rings. The van der Waals surface area contributed by atoms with Crippen LogP contribution in [0.15, 0.2) is 48.2 Å². The van der Waals surface area contributed by atoms with Crippen LogP contribution in [0.5, 0.6) is 11.5 Å². The number of ketones is 1. The van der Waals surface area contributed by atoms with Crippen molar-refractivity contribution in [1.29, 1.82) is 0 Å². The van der Waals surface area contributed by atoms with Crippen molar-refractivity contribution in [3.8, 4) is 11.5 Å². The number of hydrogen-bond acceptors (Lipinski definition) is 5. The molecule has 0 saturated carbocycles. The average Bonchev–Trinajstić information content (AvgIpc) is 2.83. The molecule has 2 aromatic rings. The van der Waals surface area contributed by atoms with Crippen molar-refractivity contribution in [3.05, 3.63) is 65.2 Å². The third-order valence-corrected chi connectivity index (χ3v) is 3.17. The summed E-state index contributed by atoms with van der Waals surface area (Å²) < 4.78 is 23.3. The standard InChI is InChI=1S/C17H11FO5/c18-11-3-1-10(2-4-11)7-15-17(21)13-6-5-12(8-14(13)23-15)22-9-16(19)20/h1-8H,9H2,(H,19,20)/p-1/b15-7-. The van der Waals surface area contributed by atoms with Crippen LogP contribution in [0.4, 0.5) is 4.39 Å². The summed E-state index contributed by atoms with van der Waals surface area (Å²) in [6, 6.07) is 10.0. The van der Waals surface area contributed by atoms with Crippen molar-refractivity contribution >= 4 is 17.8 Å². The molecule has 116 valence electrons. The second-order valence-corrected chi connectivity index (χ2v) is 4.81. The highest BCUT2D eigenvalue weighted by molar-refractivity contribution is 6.14. The van der Waals surface area contributed by atoms with Crippen molar-refractivity contribution in [3.63, 3.8) is 0 Å². The van der Waals surface area contributed by atoms with Gasteiger partial charge in [0.05, 0.1) is 11.5 Å². The lowest BCUT2D eigenvalue weighted by Gasteiger charge is -2.07. The van der Waals surface area contributed by atoms with Gasteiger partial charge < -0.3 is 19.4 Å². The third kappa shape index (κ3) is 3.21. The maximum absolute atomic E-state index is 12.9. The predicted octanol–water partition coefficient (Wildman–Crippen LogP) is 1.57. The Bertz CT molecular complexity index is 808. The molecule has 0 spiro atoms. The molecule has 0 aromatic heterocycles. The number of carboxylic acids is 1. The van der Waals surface area contributed by atoms with Crippen LogP contribution < -0.4 is 14.6 Å². The van der Waals surface area contributed by atoms with Gasteiger partial charge >= 0.3 is 0 Å². The normalized spacial score (nSPS) is 14.5. The highest BCUT2D eigenvalue weighted by atomic mass is 19.1. The van der Waals surface area contributed by atoms with E-state index in [1.165, 1.54) is 48.5 Å². The summed E-state index contributed by atoms with van der Waals surface area (Å²) in [5.41, 5.74) is 0.968. The van der Waals surface area contributed by atoms with Crippen LogP contribution in [0, 0.1) is 5.82 Å². The Labute approximate surface area is 130 Å². The Kier molecular flexibility index (Phi) is 3.80. The van der Waals surface area contributed by atoms with E-state index in [0.717, 1.165) is 0 Å². The molecule has 1 aliphatic rings. The monoisotopic (exact) mass is 313 g/mol. The number of ether oxygens (including phenoxy) is 2. The van der Waals surface area contributed by atoms with Crippen LogP contribution in [0.1, 0.15) is 15.9 Å². The van der Waals surface area contributed by atoms with Gasteiger partial charge in [-0.05, 0) is 35.9 Å². The van der Waals surface area contributed by atoms with Crippen molar-refractivity contribution in [1.82, 2.24) is 0 Å². The smallest absolute Gasteiger partial charge is 0.231 e. The summed E-state index contributed by atoms with van der Waals surface area (Å²) in [5.74, 6) is -1.40. The first-order valence-electron chi connectivity index (χ1n) is 6.69. The molecule has 0 amide bonds. The summed E-state index contributed by atoms with van der Waals surface area (Å²) in [6.07, 6.45) is 1.50. The molecular weight excluding hydrogens is 303 g/mol. The number of fused-ring (bicyclic) bond motifs is 1. The largest absolute Gasteiger partial charge is 0.546 e. The van der Waals surface area contributed by atoms with E-state index in [4.69, 9.17) is 9.47 Å². The van der Waals surface area contributed by atoms with E-state index in [-0.39, 0.29) is 28.9 Å². The molecule has 5 nitrogen and oxygen atoms in total. The van der Waals surface area contributed by atoms with E-state index in [1.807, 2.05) is 0 Å². The first-order chi connectivity index (χ1) is 11.0. The molecule has 3 rings (SSSR count). The molecule has 0 unspecified atom stereocenters. The van der Waals surface area contributed by atoms with Crippen LogP contribution in [-0.4, -0.2) is 18.4 Å². The Morgan fingerprint density at radius 2 is 1.96 bits per heavy atom. The summed E-state index contributed by atoms with van der Waals surface area (Å²) >= 11 is 0. The van der Waals surface area contributed by atoms with Crippen molar-refractivity contribution in [2.75, 3.05) is 6.61 Å². The van der Waals surface area contributed by atoms with E-state index in [9.17, 15) is 19.1 Å². The second kappa shape index (κ2) is 5.92. The van der Waals surface area contributed by atoms with Gasteiger partial charge in [0.25, 0.3) is 0 Å². The molecule has 0 aliphatic carbocycles. The molecule has 23 heavy (non-hydrogen) atoms. The summed E-state index contributed by atoms with van der Waals surface area (Å²) in [4.78, 5) is 22.6. The topological polar surface area (TPSA) is 75.7 Å². The Hall–Kier alpha value is -3.15.